The van der Waals surface area contributed by atoms with Crippen molar-refractivity contribution >= 4 is 11.8 Å². The quantitative estimate of drug-likeness (QED) is 0.591. The topological polar surface area (TPSA) is 58.6 Å². The molecule has 0 aromatic heterocycles. The van der Waals surface area contributed by atoms with E-state index in [9.17, 15) is 9.59 Å². The van der Waals surface area contributed by atoms with E-state index < -0.39 is 6.04 Å². The van der Waals surface area contributed by atoms with Crippen molar-refractivity contribution in [3.63, 3.8) is 0 Å². The Morgan fingerprint density at radius 3 is 2.10 bits per heavy atom. The van der Waals surface area contributed by atoms with Gasteiger partial charge in [0.1, 0.15) is 6.04 Å². The number of carbonyl (C=O) groups excluding carboxylic acids is 2. The molecule has 156 valence electrons. The van der Waals surface area contributed by atoms with Gasteiger partial charge in [-0.05, 0) is 31.4 Å². The molecule has 5 heteroatoms. The minimum atomic E-state index is -0.568. The van der Waals surface area contributed by atoms with E-state index in [4.69, 9.17) is 4.74 Å². The normalized spacial score (nSPS) is 11.9. The molecule has 5 nitrogen and oxygen atoms in total. The lowest BCUT2D eigenvalue weighted by Crippen LogP contribution is -2.50. The molecular formula is C24H32N2O3. The minimum absolute atomic E-state index is 0.118. The molecule has 0 aliphatic heterocycles. The summed E-state index contributed by atoms with van der Waals surface area (Å²) in [7, 11) is 0. The van der Waals surface area contributed by atoms with Gasteiger partial charge in [-0.3, -0.25) is 9.59 Å². The van der Waals surface area contributed by atoms with Crippen molar-refractivity contribution in [3.05, 3.63) is 71.8 Å². The monoisotopic (exact) mass is 396 g/mol. The summed E-state index contributed by atoms with van der Waals surface area (Å²) in [4.78, 5) is 27.2. The number of amides is 2. The van der Waals surface area contributed by atoms with Crippen LogP contribution in [-0.4, -0.2) is 42.0 Å². The maximum absolute atomic E-state index is 13.0. The largest absolute Gasteiger partial charge is 0.379 e. The Balaban J connectivity index is 2.11. The van der Waals surface area contributed by atoms with E-state index in [0.29, 0.717) is 26.1 Å². The zero-order valence-electron chi connectivity index (χ0n) is 17.6. The molecule has 0 radical (unpaired) electrons. The standard InChI is InChI=1S/C24H32N2O3/c1-19(2)29-16-10-15-25-24(28)23(17-21-11-6-4-7-12-21)26(20(3)27)18-22-13-8-5-9-14-22/h4-9,11-14,19,23H,10,15-18H2,1-3H3,(H,25,28)/t23-/m1/s1. The molecule has 0 fully saturated rings. The zero-order valence-corrected chi connectivity index (χ0v) is 17.6. The lowest BCUT2D eigenvalue weighted by Gasteiger charge is -2.30. The van der Waals surface area contributed by atoms with E-state index in [-0.39, 0.29) is 17.9 Å². The molecule has 2 rings (SSSR count). The molecule has 0 saturated heterocycles. The van der Waals surface area contributed by atoms with Crippen LogP contribution in [-0.2, 0) is 27.3 Å². The Morgan fingerprint density at radius 1 is 0.966 bits per heavy atom. The molecule has 2 aromatic carbocycles. The fourth-order valence-corrected chi connectivity index (χ4v) is 3.12. The van der Waals surface area contributed by atoms with E-state index in [0.717, 1.165) is 17.5 Å². The van der Waals surface area contributed by atoms with Crippen LogP contribution in [0.5, 0.6) is 0 Å². The highest BCUT2D eigenvalue weighted by Gasteiger charge is 2.28. The molecule has 0 heterocycles. The van der Waals surface area contributed by atoms with Gasteiger partial charge in [0.05, 0.1) is 6.10 Å². The maximum Gasteiger partial charge on any atom is 0.243 e. The predicted molar refractivity (Wildman–Crippen MR) is 115 cm³/mol. The summed E-state index contributed by atoms with van der Waals surface area (Å²) in [5.74, 6) is -0.252. The van der Waals surface area contributed by atoms with Crippen LogP contribution in [0.1, 0.15) is 38.3 Å². The third-order valence-corrected chi connectivity index (χ3v) is 4.62. The van der Waals surface area contributed by atoms with Crippen molar-refractivity contribution in [1.29, 1.82) is 0 Å². The van der Waals surface area contributed by atoms with Crippen molar-refractivity contribution in [3.8, 4) is 0 Å². The Hall–Kier alpha value is -2.66. The molecule has 1 N–H and O–H groups in total. The van der Waals surface area contributed by atoms with Crippen molar-refractivity contribution < 1.29 is 14.3 Å². The Kier molecular flexibility index (Phi) is 9.38. The van der Waals surface area contributed by atoms with Gasteiger partial charge >= 0.3 is 0 Å². The first-order valence-corrected chi connectivity index (χ1v) is 10.2. The second-order valence-corrected chi connectivity index (χ2v) is 7.40. The molecule has 2 aromatic rings. The molecule has 0 aliphatic rings. The van der Waals surface area contributed by atoms with Gasteiger partial charge in [-0.2, -0.15) is 0 Å². The summed E-state index contributed by atoms with van der Waals surface area (Å²) in [6.07, 6.45) is 1.39. The first-order chi connectivity index (χ1) is 14.0. The smallest absolute Gasteiger partial charge is 0.243 e. The van der Waals surface area contributed by atoms with Crippen LogP contribution in [0.2, 0.25) is 0 Å². The molecule has 0 aliphatic carbocycles. The maximum atomic E-state index is 13.0. The van der Waals surface area contributed by atoms with E-state index in [2.05, 4.69) is 5.32 Å². The van der Waals surface area contributed by atoms with Crippen molar-refractivity contribution in [1.82, 2.24) is 10.2 Å². The summed E-state index contributed by atoms with van der Waals surface area (Å²) >= 11 is 0. The van der Waals surface area contributed by atoms with Crippen molar-refractivity contribution in [2.45, 2.75) is 52.3 Å². The summed E-state index contributed by atoms with van der Waals surface area (Å²) in [6.45, 7) is 7.02. The van der Waals surface area contributed by atoms with E-state index >= 15 is 0 Å². The van der Waals surface area contributed by atoms with E-state index in [1.165, 1.54) is 6.92 Å². The molecule has 0 saturated carbocycles. The molecule has 2 amide bonds. The van der Waals surface area contributed by atoms with Gasteiger partial charge in [0.2, 0.25) is 11.8 Å². The molecular weight excluding hydrogens is 364 g/mol. The third-order valence-electron chi connectivity index (χ3n) is 4.62. The van der Waals surface area contributed by atoms with Crippen LogP contribution in [0.15, 0.2) is 60.7 Å². The van der Waals surface area contributed by atoms with Crippen LogP contribution in [0, 0.1) is 0 Å². The van der Waals surface area contributed by atoms with E-state index in [1.807, 2.05) is 74.5 Å². The Morgan fingerprint density at radius 2 is 1.55 bits per heavy atom. The summed E-state index contributed by atoms with van der Waals surface area (Å²) < 4.78 is 5.53. The average Bonchev–Trinajstić information content (AvgIpc) is 2.71. The van der Waals surface area contributed by atoms with Gasteiger partial charge < -0.3 is 15.0 Å². The first kappa shape index (κ1) is 22.6. The van der Waals surface area contributed by atoms with Crippen LogP contribution in [0.4, 0.5) is 0 Å². The number of rotatable bonds is 11. The van der Waals surface area contributed by atoms with Gasteiger partial charge in [-0.15, -0.1) is 0 Å². The van der Waals surface area contributed by atoms with Gasteiger partial charge in [0, 0.05) is 33.0 Å². The second-order valence-electron chi connectivity index (χ2n) is 7.40. The highest BCUT2D eigenvalue weighted by molar-refractivity contribution is 5.87. The fourth-order valence-electron chi connectivity index (χ4n) is 3.12. The Labute approximate surface area is 174 Å². The molecule has 0 bridgehead atoms. The number of benzene rings is 2. The number of hydrogen-bond acceptors (Lipinski definition) is 3. The van der Waals surface area contributed by atoms with Gasteiger partial charge in [-0.1, -0.05) is 60.7 Å². The Bertz CT molecular complexity index is 747. The van der Waals surface area contributed by atoms with Crippen molar-refractivity contribution in [2.24, 2.45) is 0 Å². The average molecular weight is 397 g/mol. The highest BCUT2D eigenvalue weighted by atomic mass is 16.5. The first-order valence-electron chi connectivity index (χ1n) is 10.2. The van der Waals surface area contributed by atoms with Crippen LogP contribution in [0.3, 0.4) is 0 Å². The summed E-state index contributed by atoms with van der Waals surface area (Å²) in [5.41, 5.74) is 2.02. The highest BCUT2D eigenvalue weighted by Crippen LogP contribution is 2.14. The minimum Gasteiger partial charge on any atom is -0.379 e. The predicted octanol–water partition coefficient (Wildman–Crippen LogP) is 3.58. The van der Waals surface area contributed by atoms with E-state index in [1.54, 1.807) is 4.90 Å². The number of hydrogen-bond donors (Lipinski definition) is 1. The zero-order chi connectivity index (χ0) is 21.1. The van der Waals surface area contributed by atoms with Crippen LogP contribution in [0.25, 0.3) is 0 Å². The number of nitrogens with one attached hydrogen (secondary N) is 1. The molecule has 29 heavy (non-hydrogen) atoms. The summed E-state index contributed by atoms with van der Waals surface area (Å²) in [5, 5.41) is 2.99. The van der Waals surface area contributed by atoms with Gasteiger partial charge in [-0.25, -0.2) is 0 Å². The number of carbonyl (C=O) groups is 2. The fraction of sp³-hybridized carbons (Fsp3) is 0.417. The molecule has 0 unspecified atom stereocenters. The third kappa shape index (κ3) is 8.08. The van der Waals surface area contributed by atoms with Crippen molar-refractivity contribution in [2.75, 3.05) is 13.2 Å². The second kappa shape index (κ2) is 12.0. The lowest BCUT2D eigenvalue weighted by molar-refractivity contribution is -0.139. The number of ether oxygens (including phenoxy) is 1. The van der Waals surface area contributed by atoms with Crippen LogP contribution >= 0.6 is 0 Å². The summed E-state index contributed by atoms with van der Waals surface area (Å²) in [6, 6.07) is 19.0. The molecule has 1 atom stereocenters. The van der Waals surface area contributed by atoms with Crippen LogP contribution < -0.4 is 5.32 Å². The molecule has 0 spiro atoms. The number of nitrogens with zero attached hydrogens (tertiary/aromatic N) is 1. The van der Waals surface area contributed by atoms with Gasteiger partial charge in [0.25, 0.3) is 0 Å². The lowest BCUT2D eigenvalue weighted by atomic mass is 10.0. The SMILES string of the molecule is CC(=O)N(Cc1ccccc1)[C@H](Cc1ccccc1)C(=O)NCCCOC(C)C. The van der Waals surface area contributed by atoms with Gasteiger partial charge in [0.15, 0.2) is 0 Å².